The molecular formula is C25H27Cl2N5O3S2. The number of halogens is 2. The van der Waals surface area contributed by atoms with Gasteiger partial charge in [0, 0.05) is 22.5 Å². The van der Waals surface area contributed by atoms with Crippen LogP contribution in [0.4, 0.5) is 5.00 Å². The molecule has 0 fully saturated rings. The molecule has 3 N–H and O–H groups in total. The minimum atomic E-state index is -0.515. The van der Waals surface area contributed by atoms with Crippen molar-refractivity contribution >= 4 is 63.1 Å². The van der Waals surface area contributed by atoms with Crippen LogP contribution < -0.4 is 15.8 Å². The zero-order valence-electron chi connectivity index (χ0n) is 20.4. The summed E-state index contributed by atoms with van der Waals surface area (Å²) in [5.74, 6) is 0.819. The first kappa shape index (κ1) is 27.5. The van der Waals surface area contributed by atoms with Gasteiger partial charge in [0.25, 0.3) is 5.91 Å². The number of carbonyl (C=O) groups excluding carboxylic acids is 2. The smallest absolute Gasteiger partial charge is 0.251 e. The molecular weight excluding hydrogens is 553 g/mol. The Bertz CT molecular complexity index is 1340. The molecule has 2 unspecified atom stereocenters. The number of rotatable bonds is 10. The van der Waals surface area contributed by atoms with E-state index in [0.29, 0.717) is 49.8 Å². The lowest BCUT2D eigenvalue weighted by Crippen LogP contribution is -2.20. The zero-order valence-corrected chi connectivity index (χ0v) is 23.6. The van der Waals surface area contributed by atoms with E-state index < -0.39 is 12.0 Å². The van der Waals surface area contributed by atoms with Gasteiger partial charge in [-0.15, -0.1) is 28.1 Å². The van der Waals surface area contributed by atoms with Gasteiger partial charge in [-0.3, -0.25) is 14.2 Å². The number of thioether (sulfide) groups is 1. The largest absolute Gasteiger partial charge is 0.481 e. The summed E-state index contributed by atoms with van der Waals surface area (Å²) in [6, 6.07) is 4.98. The van der Waals surface area contributed by atoms with Gasteiger partial charge in [-0.25, -0.2) is 0 Å². The van der Waals surface area contributed by atoms with Crippen LogP contribution in [-0.2, 0) is 24.2 Å². The molecule has 12 heteroatoms. The maximum absolute atomic E-state index is 12.9. The van der Waals surface area contributed by atoms with Crippen molar-refractivity contribution in [2.75, 3.05) is 11.1 Å². The van der Waals surface area contributed by atoms with Crippen molar-refractivity contribution in [3.8, 4) is 5.75 Å². The topological polar surface area (TPSA) is 112 Å². The number of ether oxygens (including phenoxy) is 1. The van der Waals surface area contributed by atoms with Crippen LogP contribution in [0.25, 0.3) is 0 Å². The first-order chi connectivity index (χ1) is 17.7. The van der Waals surface area contributed by atoms with Gasteiger partial charge in [0.15, 0.2) is 17.1 Å². The number of thiophene rings is 1. The van der Waals surface area contributed by atoms with E-state index in [-0.39, 0.29) is 11.7 Å². The van der Waals surface area contributed by atoms with Crippen molar-refractivity contribution in [2.45, 2.75) is 50.9 Å². The van der Waals surface area contributed by atoms with Crippen molar-refractivity contribution < 1.29 is 14.3 Å². The number of aromatic nitrogens is 3. The highest BCUT2D eigenvalue weighted by atomic mass is 35.5. The Hall–Kier alpha value is -2.53. The number of nitrogens with two attached hydrogens (primary N) is 1. The Morgan fingerprint density at radius 3 is 2.92 bits per heavy atom. The van der Waals surface area contributed by atoms with Gasteiger partial charge in [-0.1, -0.05) is 48.0 Å². The molecule has 1 aromatic carbocycles. The molecule has 2 heterocycles. The van der Waals surface area contributed by atoms with Gasteiger partial charge in [-0.2, -0.15) is 0 Å². The van der Waals surface area contributed by atoms with E-state index in [0.717, 1.165) is 29.7 Å². The number of benzene rings is 1. The molecule has 0 saturated carbocycles. The number of allylic oxidation sites excluding steroid dienone is 1. The highest BCUT2D eigenvalue weighted by Crippen LogP contribution is 2.39. The summed E-state index contributed by atoms with van der Waals surface area (Å²) in [5.41, 5.74) is 7.08. The van der Waals surface area contributed by atoms with Gasteiger partial charge in [-0.05, 0) is 49.8 Å². The van der Waals surface area contributed by atoms with Crippen molar-refractivity contribution in [1.29, 1.82) is 0 Å². The number of primary amides is 1. The van der Waals surface area contributed by atoms with Crippen LogP contribution >= 0.6 is 46.3 Å². The van der Waals surface area contributed by atoms with Crippen LogP contribution in [-0.4, -0.2) is 32.3 Å². The normalized spacial score (nSPS) is 15.6. The molecule has 37 heavy (non-hydrogen) atoms. The van der Waals surface area contributed by atoms with Crippen molar-refractivity contribution in [1.82, 2.24) is 14.8 Å². The van der Waals surface area contributed by atoms with Crippen molar-refractivity contribution in [3.05, 3.63) is 62.7 Å². The second kappa shape index (κ2) is 11.9. The lowest BCUT2D eigenvalue weighted by atomic mass is 9.88. The number of hydrogen-bond donors (Lipinski definition) is 2. The fourth-order valence-corrected chi connectivity index (χ4v) is 6.72. The number of nitrogens with zero attached hydrogens (tertiary/aromatic N) is 3. The highest BCUT2D eigenvalue weighted by Gasteiger charge is 2.27. The molecule has 0 bridgehead atoms. The molecule has 0 spiro atoms. The second-order valence-corrected chi connectivity index (χ2v) is 11.7. The SMILES string of the molecule is C=CCn1c(SCC(=O)Nc2sc3c(c2C(N)=O)CCC(C)C3)nnc1C(C)Oc1cc(Cl)ccc1Cl. The van der Waals surface area contributed by atoms with Crippen LogP contribution in [0.5, 0.6) is 5.75 Å². The van der Waals surface area contributed by atoms with Gasteiger partial charge in [0.05, 0.1) is 16.3 Å². The minimum absolute atomic E-state index is 0.0712. The molecule has 0 aliphatic heterocycles. The second-order valence-electron chi connectivity index (χ2n) is 8.83. The average Bonchev–Trinajstić information content (AvgIpc) is 3.40. The third-order valence-electron chi connectivity index (χ3n) is 5.96. The third-order valence-corrected chi connectivity index (χ3v) is 8.65. The van der Waals surface area contributed by atoms with E-state index in [1.54, 1.807) is 24.3 Å². The maximum Gasteiger partial charge on any atom is 0.251 e. The number of amides is 2. The molecule has 196 valence electrons. The van der Waals surface area contributed by atoms with E-state index in [2.05, 4.69) is 29.0 Å². The standard InChI is InChI=1S/C25H27Cl2N5O3S2/c1-4-9-32-23(14(3)35-18-11-15(26)6-8-17(18)27)30-31-25(32)36-12-20(33)29-24-21(22(28)34)16-7-5-13(2)10-19(16)37-24/h4,6,8,11,13-14H,1,5,7,9-10,12H2,2-3H3,(H2,28,34)(H,29,33). The number of anilines is 1. The Morgan fingerprint density at radius 2 is 2.19 bits per heavy atom. The Morgan fingerprint density at radius 1 is 1.41 bits per heavy atom. The van der Waals surface area contributed by atoms with E-state index in [9.17, 15) is 9.59 Å². The van der Waals surface area contributed by atoms with Gasteiger partial charge < -0.3 is 15.8 Å². The summed E-state index contributed by atoms with van der Waals surface area (Å²) in [4.78, 5) is 26.1. The van der Waals surface area contributed by atoms with Crippen LogP contribution in [0.2, 0.25) is 10.0 Å². The minimum Gasteiger partial charge on any atom is -0.481 e. The van der Waals surface area contributed by atoms with Crippen LogP contribution in [0.15, 0.2) is 36.0 Å². The lowest BCUT2D eigenvalue weighted by molar-refractivity contribution is -0.113. The molecule has 8 nitrogen and oxygen atoms in total. The molecule has 0 saturated heterocycles. The molecule has 1 aliphatic carbocycles. The Kier molecular flexibility index (Phi) is 8.84. The highest BCUT2D eigenvalue weighted by molar-refractivity contribution is 7.99. The summed E-state index contributed by atoms with van der Waals surface area (Å²) in [6.07, 6.45) is 3.90. The number of nitrogens with one attached hydrogen (secondary N) is 1. The zero-order chi connectivity index (χ0) is 26.7. The molecule has 0 radical (unpaired) electrons. The predicted molar refractivity (Wildman–Crippen MR) is 149 cm³/mol. The van der Waals surface area contributed by atoms with Gasteiger partial charge in [0.1, 0.15) is 10.8 Å². The van der Waals surface area contributed by atoms with Gasteiger partial charge in [0.2, 0.25) is 5.91 Å². The molecule has 2 aromatic heterocycles. The summed E-state index contributed by atoms with van der Waals surface area (Å²) >= 11 is 15.0. The average molecular weight is 581 g/mol. The molecule has 2 amide bonds. The quantitative estimate of drug-likeness (QED) is 0.227. The molecule has 3 aromatic rings. The number of fused-ring (bicyclic) bond motifs is 1. The summed E-state index contributed by atoms with van der Waals surface area (Å²) in [5, 5.41) is 13.4. The number of hydrogen-bond acceptors (Lipinski definition) is 7. The van der Waals surface area contributed by atoms with Crippen LogP contribution in [0.1, 0.15) is 53.0 Å². The predicted octanol–water partition coefficient (Wildman–Crippen LogP) is 5.93. The fourth-order valence-electron chi connectivity index (χ4n) is 4.21. The van der Waals surface area contributed by atoms with Crippen molar-refractivity contribution in [2.24, 2.45) is 11.7 Å². The summed E-state index contributed by atoms with van der Waals surface area (Å²) in [7, 11) is 0. The first-order valence-corrected chi connectivity index (χ1v) is 14.3. The van der Waals surface area contributed by atoms with E-state index in [4.69, 9.17) is 33.7 Å². The van der Waals surface area contributed by atoms with Crippen LogP contribution in [0, 0.1) is 5.92 Å². The van der Waals surface area contributed by atoms with Gasteiger partial charge >= 0.3 is 0 Å². The molecule has 4 rings (SSSR count). The first-order valence-electron chi connectivity index (χ1n) is 11.7. The maximum atomic E-state index is 12.9. The summed E-state index contributed by atoms with van der Waals surface area (Å²) < 4.78 is 7.82. The monoisotopic (exact) mass is 579 g/mol. The van der Waals surface area contributed by atoms with E-state index in [1.807, 2.05) is 11.5 Å². The Balaban J connectivity index is 1.46. The summed E-state index contributed by atoms with van der Waals surface area (Å²) in [6.45, 7) is 8.25. The van der Waals surface area contributed by atoms with Crippen molar-refractivity contribution in [3.63, 3.8) is 0 Å². The van der Waals surface area contributed by atoms with Crippen LogP contribution in [0.3, 0.4) is 0 Å². The van der Waals surface area contributed by atoms with E-state index >= 15 is 0 Å². The Labute approximate surface area is 233 Å². The number of carbonyl (C=O) groups is 2. The fraction of sp³-hybridized carbons (Fsp3) is 0.360. The molecule has 1 aliphatic rings. The molecule has 2 atom stereocenters. The third kappa shape index (κ3) is 6.31. The lowest BCUT2D eigenvalue weighted by Gasteiger charge is -2.18. The van der Waals surface area contributed by atoms with E-state index in [1.165, 1.54) is 23.1 Å².